The maximum atomic E-state index is 10.7. The molecule has 3 heteroatoms. The zero-order chi connectivity index (χ0) is 12.5. The number of phenols is 1. The fourth-order valence-electron chi connectivity index (χ4n) is 1.69. The van der Waals surface area contributed by atoms with Crippen molar-refractivity contribution < 1.29 is 9.90 Å². The van der Waals surface area contributed by atoms with E-state index in [1.807, 2.05) is 12.1 Å². The Balaban J connectivity index is 2.07. The molecule has 1 aromatic carbocycles. The molecule has 0 amide bonds. The quantitative estimate of drug-likeness (QED) is 0.579. The van der Waals surface area contributed by atoms with E-state index in [1.54, 1.807) is 18.2 Å². The molecule has 0 fully saturated rings. The zero-order valence-corrected chi connectivity index (χ0v) is 9.85. The van der Waals surface area contributed by atoms with Crippen LogP contribution in [0.5, 0.6) is 5.75 Å². The van der Waals surface area contributed by atoms with Crippen LogP contribution >= 0.6 is 0 Å². The second-order valence-corrected chi connectivity index (χ2v) is 4.12. The normalized spacial score (nSPS) is 9.82. The molecule has 1 aromatic rings. The van der Waals surface area contributed by atoms with E-state index in [0.717, 1.165) is 32.1 Å². The number of nitriles is 1. The maximum absolute atomic E-state index is 10.7. The lowest BCUT2D eigenvalue weighted by Crippen LogP contribution is -1.92. The third kappa shape index (κ3) is 5.72. The number of carbonyl (C=O) groups excluding carboxylic acids is 1. The minimum Gasteiger partial charge on any atom is -0.508 e. The van der Waals surface area contributed by atoms with Crippen LogP contribution in [-0.4, -0.2) is 10.9 Å². The first-order valence-electron chi connectivity index (χ1n) is 5.93. The Hall–Kier alpha value is -1.82. The molecule has 0 saturated carbocycles. The van der Waals surface area contributed by atoms with Crippen LogP contribution in [0.1, 0.15) is 37.7 Å². The van der Waals surface area contributed by atoms with Crippen molar-refractivity contribution in [2.75, 3.05) is 0 Å². The molecule has 0 atom stereocenters. The van der Waals surface area contributed by atoms with Crippen molar-refractivity contribution in [1.29, 1.82) is 5.26 Å². The zero-order valence-electron chi connectivity index (χ0n) is 9.85. The summed E-state index contributed by atoms with van der Waals surface area (Å²) in [4.78, 5) is 10.7. The van der Waals surface area contributed by atoms with Crippen molar-refractivity contribution in [3.63, 3.8) is 0 Å². The molecule has 90 valence electrons. The number of hydrogen-bond acceptors (Lipinski definition) is 3. The van der Waals surface area contributed by atoms with Crippen LogP contribution < -0.4 is 0 Å². The van der Waals surface area contributed by atoms with Gasteiger partial charge in [-0.2, -0.15) is 5.26 Å². The van der Waals surface area contributed by atoms with Crippen LogP contribution in [0.4, 0.5) is 0 Å². The van der Waals surface area contributed by atoms with E-state index in [0.29, 0.717) is 12.2 Å². The minimum absolute atomic E-state index is 0.295. The Morgan fingerprint density at radius 1 is 1.12 bits per heavy atom. The molecule has 0 saturated heterocycles. The molecule has 3 nitrogen and oxygen atoms in total. The van der Waals surface area contributed by atoms with Gasteiger partial charge < -0.3 is 5.11 Å². The van der Waals surface area contributed by atoms with Gasteiger partial charge in [-0.1, -0.05) is 25.0 Å². The second-order valence-electron chi connectivity index (χ2n) is 4.12. The maximum Gasteiger partial charge on any atom is 0.231 e. The van der Waals surface area contributed by atoms with Gasteiger partial charge in [-0.05, 0) is 37.0 Å². The Morgan fingerprint density at radius 3 is 2.41 bits per heavy atom. The van der Waals surface area contributed by atoms with Crippen molar-refractivity contribution in [1.82, 2.24) is 0 Å². The van der Waals surface area contributed by atoms with E-state index in [1.165, 1.54) is 5.56 Å². The summed E-state index contributed by atoms with van der Waals surface area (Å²) in [5.74, 6) is -0.0210. The third-order valence-corrected chi connectivity index (χ3v) is 2.68. The minimum atomic E-state index is -0.316. The summed E-state index contributed by atoms with van der Waals surface area (Å²) in [6.45, 7) is 0. The van der Waals surface area contributed by atoms with E-state index in [-0.39, 0.29) is 5.78 Å². The van der Waals surface area contributed by atoms with Crippen molar-refractivity contribution in [2.45, 2.75) is 38.5 Å². The van der Waals surface area contributed by atoms with Gasteiger partial charge in [0, 0.05) is 6.42 Å². The molecule has 1 N–H and O–H groups in total. The molecule has 0 aromatic heterocycles. The Labute approximate surface area is 102 Å². The molecule has 0 heterocycles. The third-order valence-electron chi connectivity index (χ3n) is 2.68. The molecule has 0 radical (unpaired) electrons. The number of carbonyl (C=O) groups is 1. The summed E-state index contributed by atoms with van der Waals surface area (Å²) in [6.07, 6.45) is 5.32. The number of unbranched alkanes of at least 4 members (excludes halogenated alkanes) is 3. The van der Waals surface area contributed by atoms with Gasteiger partial charge >= 0.3 is 0 Å². The topological polar surface area (TPSA) is 61.1 Å². The summed E-state index contributed by atoms with van der Waals surface area (Å²) in [5.41, 5.74) is 1.22. The van der Waals surface area contributed by atoms with Crippen LogP contribution in [0.2, 0.25) is 0 Å². The van der Waals surface area contributed by atoms with Crippen LogP contribution in [0.25, 0.3) is 0 Å². The number of ketones is 1. The summed E-state index contributed by atoms with van der Waals surface area (Å²) >= 11 is 0. The summed E-state index contributed by atoms with van der Waals surface area (Å²) in [7, 11) is 0. The van der Waals surface area contributed by atoms with Gasteiger partial charge in [0.05, 0.1) is 0 Å². The number of hydrogen-bond donors (Lipinski definition) is 1. The number of nitrogens with zero attached hydrogens (tertiary/aromatic N) is 1. The van der Waals surface area contributed by atoms with E-state index < -0.39 is 0 Å². The Morgan fingerprint density at radius 2 is 1.76 bits per heavy atom. The lowest BCUT2D eigenvalue weighted by atomic mass is 10.0. The summed E-state index contributed by atoms with van der Waals surface area (Å²) < 4.78 is 0. The summed E-state index contributed by atoms with van der Waals surface area (Å²) in [5, 5.41) is 17.4. The van der Waals surface area contributed by atoms with Gasteiger partial charge in [-0.3, -0.25) is 4.79 Å². The second kappa shape index (κ2) is 7.45. The molecule has 0 bridgehead atoms. The number of aryl methyl sites for hydroxylation is 1. The standard InChI is InChI=1S/C14H17NO2/c15-11-14(17)6-4-2-1-3-5-12-7-9-13(16)10-8-12/h7-10,16H,1-6H2. The highest BCUT2D eigenvalue weighted by molar-refractivity contribution is 5.93. The number of benzene rings is 1. The predicted octanol–water partition coefficient (Wildman–Crippen LogP) is 2.98. The van der Waals surface area contributed by atoms with Crippen molar-refractivity contribution in [2.24, 2.45) is 0 Å². The van der Waals surface area contributed by atoms with Gasteiger partial charge in [0.2, 0.25) is 5.78 Å². The van der Waals surface area contributed by atoms with Crippen LogP contribution in [0.15, 0.2) is 24.3 Å². The fourth-order valence-corrected chi connectivity index (χ4v) is 1.69. The fraction of sp³-hybridized carbons (Fsp3) is 0.429. The monoisotopic (exact) mass is 231 g/mol. The molecule has 0 aliphatic carbocycles. The molecule has 0 spiro atoms. The number of rotatable bonds is 7. The van der Waals surface area contributed by atoms with Crippen LogP contribution in [-0.2, 0) is 11.2 Å². The average molecular weight is 231 g/mol. The van der Waals surface area contributed by atoms with E-state index in [4.69, 9.17) is 10.4 Å². The number of Topliss-reactive ketones (excluding diaryl/α,β-unsaturated/α-hetero) is 1. The molecule has 17 heavy (non-hydrogen) atoms. The van der Waals surface area contributed by atoms with Gasteiger partial charge in [0.25, 0.3) is 0 Å². The highest BCUT2D eigenvalue weighted by Gasteiger charge is 1.99. The van der Waals surface area contributed by atoms with Crippen LogP contribution in [0.3, 0.4) is 0 Å². The average Bonchev–Trinajstić information content (AvgIpc) is 2.35. The van der Waals surface area contributed by atoms with Crippen molar-refractivity contribution in [3.05, 3.63) is 29.8 Å². The lowest BCUT2D eigenvalue weighted by Gasteiger charge is -2.01. The summed E-state index contributed by atoms with van der Waals surface area (Å²) in [6, 6.07) is 8.87. The SMILES string of the molecule is N#CC(=O)CCCCCCc1ccc(O)cc1. The van der Waals surface area contributed by atoms with Crippen molar-refractivity contribution in [3.8, 4) is 11.8 Å². The Bertz CT molecular complexity index is 390. The van der Waals surface area contributed by atoms with Crippen molar-refractivity contribution >= 4 is 5.78 Å². The molecular formula is C14H17NO2. The van der Waals surface area contributed by atoms with Gasteiger partial charge in [0.1, 0.15) is 11.8 Å². The predicted molar refractivity (Wildman–Crippen MR) is 65.5 cm³/mol. The first-order chi connectivity index (χ1) is 8.22. The number of phenolic OH excluding ortho intramolecular Hbond substituents is 1. The number of aromatic hydroxyl groups is 1. The van der Waals surface area contributed by atoms with E-state index >= 15 is 0 Å². The van der Waals surface area contributed by atoms with E-state index in [2.05, 4.69) is 0 Å². The smallest absolute Gasteiger partial charge is 0.231 e. The molecule has 0 aliphatic heterocycles. The van der Waals surface area contributed by atoms with Gasteiger partial charge in [-0.25, -0.2) is 0 Å². The van der Waals surface area contributed by atoms with Gasteiger partial charge in [0.15, 0.2) is 0 Å². The first kappa shape index (κ1) is 13.2. The molecule has 0 aliphatic rings. The Kier molecular flexibility index (Phi) is 5.81. The lowest BCUT2D eigenvalue weighted by molar-refractivity contribution is -0.114. The largest absolute Gasteiger partial charge is 0.508 e. The van der Waals surface area contributed by atoms with E-state index in [9.17, 15) is 4.79 Å². The van der Waals surface area contributed by atoms with Crippen LogP contribution in [0, 0.1) is 11.3 Å². The van der Waals surface area contributed by atoms with Gasteiger partial charge in [-0.15, -0.1) is 0 Å². The molecular weight excluding hydrogens is 214 g/mol. The molecule has 0 unspecified atom stereocenters. The first-order valence-corrected chi connectivity index (χ1v) is 5.93. The highest BCUT2D eigenvalue weighted by Crippen LogP contribution is 2.13. The molecule has 1 rings (SSSR count). The highest BCUT2D eigenvalue weighted by atomic mass is 16.3.